The lowest BCUT2D eigenvalue weighted by molar-refractivity contribution is 0.119. The van der Waals surface area contributed by atoms with Crippen LogP contribution in [-0.2, 0) is 16.4 Å². The molecule has 0 amide bonds. The molecule has 2 aromatic rings. The van der Waals surface area contributed by atoms with E-state index >= 15 is 0 Å². The van der Waals surface area contributed by atoms with Crippen LogP contribution >= 0.6 is 0 Å². The summed E-state index contributed by atoms with van der Waals surface area (Å²) in [6, 6.07) is 7.16. The van der Waals surface area contributed by atoms with Crippen LogP contribution in [0, 0.1) is 0 Å². The molecule has 0 N–H and O–H groups in total. The zero-order valence-electron chi connectivity index (χ0n) is 15.7. The number of rotatable bonds is 7. The summed E-state index contributed by atoms with van der Waals surface area (Å²) in [5.74, 6) is 0.581. The second-order valence-corrected chi connectivity index (χ2v) is 8.45. The van der Waals surface area contributed by atoms with Crippen LogP contribution in [0.25, 0.3) is 0 Å². The van der Waals surface area contributed by atoms with Gasteiger partial charge in [0.1, 0.15) is 6.10 Å². The Hall–Kier alpha value is -2.19. The van der Waals surface area contributed by atoms with Gasteiger partial charge in [-0.1, -0.05) is 25.5 Å². The molecule has 1 aliphatic heterocycles. The van der Waals surface area contributed by atoms with E-state index in [1.165, 1.54) is 23.8 Å². The van der Waals surface area contributed by atoms with Crippen LogP contribution in [0.2, 0.25) is 0 Å². The molecular weight excluding hydrogens is 366 g/mol. The topological polar surface area (TPSA) is 81.6 Å². The van der Waals surface area contributed by atoms with Crippen molar-refractivity contribution in [3.63, 3.8) is 0 Å². The molecular formula is C19H25N3O4S. The van der Waals surface area contributed by atoms with E-state index in [0.29, 0.717) is 17.3 Å². The highest BCUT2D eigenvalue weighted by molar-refractivity contribution is 7.89. The summed E-state index contributed by atoms with van der Waals surface area (Å²) in [4.78, 5) is 8.52. The van der Waals surface area contributed by atoms with Gasteiger partial charge in [-0.25, -0.2) is 18.4 Å². The van der Waals surface area contributed by atoms with E-state index in [1.807, 2.05) is 12.1 Å². The molecule has 2 heterocycles. The SMILES string of the molecule is CCCc1ccc(S(=O)(=O)N2CCCC(Oc3nccnc3OC)C2)cc1. The molecule has 0 radical (unpaired) electrons. The van der Waals surface area contributed by atoms with Gasteiger partial charge in [0.2, 0.25) is 10.0 Å². The summed E-state index contributed by atoms with van der Waals surface area (Å²) in [5, 5.41) is 0. The molecule has 27 heavy (non-hydrogen) atoms. The van der Waals surface area contributed by atoms with Crippen molar-refractivity contribution >= 4 is 10.0 Å². The van der Waals surface area contributed by atoms with E-state index in [-0.39, 0.29) is 18.5 Å². The molecule has 1 aromatic carbocycles. The minimum atomic E-state index is -3.55. The third-order valence-electron chi connectivity index (χ3n) is 4.55. The minimum absolute atomic E-state index is 0.277. The van der Waals surface area contributed by atoms with Gasteiger partial charge in [0.25, 0.3) is 11.8 Å². The van der Waals surface area contributed by atoms with Gasteiger partial charge in [-0.05, 0) is 37.0 Å². The van der Waals surface area contributed by atoms with Gasteiger partial charge in [0.05, 0.1) is 18.6 Å². The number of aryl methyl sites for hydroxylation is 1. The van der Waals surface area contributed by atoms with Crippen molar-refractivity contribution in [2.45, 2.75) is 43.6 Å². The monoisotopic (exact) mass is 391 g/mol. The fourth-order valence-corrected chi connectivity index (χ4v) is 4.69. The maximum Gasteiger partial charge on any atom is 0.278 e. The number of ether oxygens (including phenoxy) is 2. The third-order valence-corrected chi connectivity index (χ3v) is 6.42. The molecule has 146 valence electrons. The average Bonchev–Trinajstić information content (AvgIpc) is 2.69. The molecule has 0 aliphatic carbocycles. The van der Waals surface area contributed by atoms with Crippen molar-refractivity contribution in [2.75, 3.05) is 20.2 Å². The highest BCUT2D eigenvalue weighted by atomic mass is 32.2. The number of nitrogens with zero attached hydrogens (tertiary/aromatic N) is 3. The molecule has 1 unspecified atom stereocenters. The summed E-state index contributed by atoms with van der Waals surface area (Å²) in [6.45, 7) is 2.86. The fourth-order valence-electron chi connectivity index (χ4n) is 3.18. The van der Waals surface area contributed by atoms with Gasteiger partial charge in [0, 0.05) is 18.9 Å². The maximum atomic E-state index is 13.0. The highest BCUT2D eigenvalue weighted by Crippen LogP contribution is 2.26. The Morgan fingerprint density at radius 1 is 1.15 bits per heavy atom. The second-order valence-electron chi connectivity index (χ2n) is 6.51. The Labute approximate surface area is 160 Å². The largest absolute Gasteiger partial charge is 0.477 e. The van der Waals surface area contributed by atoms with Crippen molar-refractivity contribution in [3.05, 3.63) is 42.2 Å². The zero-order valence-corrected chi connectivity index (χ0v) is 16.5. The van der Waals surface area contributed by atoms with Gasteiger partial charge in [-0.2, -0.15) is 4.31 Å². The lowest BCUT2D eigenvalue weighted by Gasteiger charge is -2.31. The number of aromatic nitrogens is 2. The molecule has 1 aliphatic rings. The molecule has 0 saturated carbocycles. The van der Waals surface area contributed by atoms with Crippen molar-refractivity contribution in [1.82, 2.24) is 14.3 Å². The van der Waals surface area contributed by atoms with Crippen molar-refractivity contribution in [1.29, 1.82) is 0 Å². The summed E-state index contributed by atoms with van der Waals surface area (Å²) >= 11 is 0. The first-order chi connectivity index (χ1) is 13.0. The van der Waals surface area contributed by atoms with Gasteiger partial charge in [-0.15, -0.1) is 0 Å². The Morgan fingerprint density at radius 3 is 2.52 bits per heavy atom. The van der Waals surface area contributed by atoms with Crippen molar-refractivity contribution < 1.29 is 17.9 Å². The smallest absolute Gasteiger partial charge is 0.278 e. The van der Waals surface area contributed by atoms with Crippen LogP contribution in [0.3, 0.4) is 0 Å². The molecule has 1 atom stereocenters. The predicted molar refractivity (Wildman–Crippen MR) is 101 cm³/mol. The summed E-state index contributed by atoms with van der Waals surface area (Å²) in [7, 11) is -2.05. The average molecular weight is 391 g/mol. The molecule has 3 rings (SSSR count). The molecule has 0 bridgehead atoms. The number of benzene rings is 1. The van der Waals surface area contributed by atoms with E-state index in [1.54, 1.807) is 12.1 Å². The van der Waals surface area contributed by atoms with E-state index in [4.69, 9.17) is 9.47 Å². The number of hydrogen-bond acceptors (Lipinski definition) is 6. The van der Waals surface area contributed by atoms with Crippen molar-refractivity contribution in [3.8, 4) is 11.8 Å². The first kappa shape index (κ1) is 19.6. The van der Waals surface area contributed by atoms with Crippen LogP contribution in [-0.4, -0.2) is 49.0 Å². The van der Waals surface area contributed by atoms with E-state index < -0.39 is 10.0 Å². The first-order valence-electron chi connectivity index (χ1n) is 9.15. The number of piperidine rings is 1. The molecule has 7 nitrogen and oxygen atoms in total. The van der Waals surface area contributed by atoms with Crippen LogP contribution in [0.15, 0.2) is 41.6 Å². The lowest BCUT2D eigenvalue weighted by atomic mass is 10.1. The lowest BCUT2D eigenvalue weighted by Crippen LogP contribution is -2.44. The first-order valence-corrected chi connectivity index (χ1v) is 10.6. The van der Waals surface area contributed by atoms with Crippen LogP contribution in [0.4, 0.5) is 0 Å². The van der Waals surface area contributed by atoms with Gasteiger partial charge in [0.15, 0.2) is 0 Å². The summed E-state index contributed by atoms with van der Waals surface area (Å²) in [6.07, 6.45) is 6.20. The quantitative estimate of drug-likeness (QED) is 0.722. The normalized spacial score (nSPS) is 18.2. The highest BCUT2D eigenvalue weighted by Gasteiger charge is 2.31. The van der Waals surface area contributed by atoms with Crippen LogP contribution in [0.5, 0.6) is 11.8 Å². The Morgan fingerprint density at radius 2 is 1.85 bits per heavy atom. The minimum Gasteiger partial charge on any atom is -0.477 e. The molecule has 8 heteroatoms. The molecule has 0 spiro atoms. The second kappa shape index (κ2) is 8.67. The molecule has 1 saturated heterocycles. The summed E-state index contributed by atoms with van der Waals surface area (Å²) in [5.41, 5.74) is 1.14. The van der Waals surface area contributed by atoms with Gasteiger partial charge < -0.3 is 9.47 Å². The zero-order chi connectivity index (χ0) is 19.3. The van der Waals surface area contributed by atoms with E-state index in [2.05, 4.69) is 16.9 Å². The maximum absolute atomic E-state index is 13.0. The number of hydrogen-bond donors (Lipinski definition) is 0. The summed E-state index contributed by atoms with van der Waals surface area (Å²) < 4.78 is 38.5. The van der Waals surface area contributed by atoms with Gasteiger partial charge >= 0.3 is 0 Å². The Balaban J connectivity index is 1.72. The molecule has 1 fully saturated rings. The van der Waals surface area contributed by atoms with Crippen molar-refractivity contribution in [2.24, 2.45) is 0 Å². The van der Waals surface area contributed by atoms with Crippen LogP contribution < -0.4 is 9.47 Å². The van der Waals surface area contributed by atoms with E-state index in [0.717, 1.165) is 31.2 Å². The Kier molecular flexibility index (Phi) is 6.28. The number of sulfonamides is 1. The Bertz CT molecular complexity index is 856. The molecule has 1 aromatic heterocycles. The van der Waals surface area contributed by atoms with Gasteiger partial charge in [-0.3, -0.25) is 0 Å². The van der Waals surface area contributed by atoms with E-state index in [9.17, 15) is 8.42 Å². The predicted octanol–water partition coefficient (Wildman–Crippen LogP) is 2.67. The third kappa shape index (κ3) is 4.56. The standard InChI is InChI=1S/C19H25N3O4S/c1-3-5-15-7-9-17(10-8-15)27(23,24)22-13-4-6-16(14-22)26-19-18(25-2)20-11-12-21-19/h7-12,16H,3-6,13-14H2,1-2H3. The number of methoxy groups -OCH3 is 1. The van der Waals surface area contributed by atoms with Crippen LogP contribution in [0.1, 0.15) is 31.7 Å². The fraction of sp³-hybridized carbons (Fsp3) is 0.474.